The lowest BCUT2D eigenvalue weighted by molar-refractivity contribution is 0.183. The Labute approximate surface area is 116 Å². The number of nitrogens with zero attached hydrogens (tertiary/aromatic N) is 2. The highest BCUT2D eigenvalue weighted by atomic mass is 15.2. The van der Waals surface area contributed by atoms with Crippen LogP contribution in [0.25, 0.3) is 0 Å². The summed E-state index contributed by atoms with van der Waals surface area (Å²) >= 11 is 0. The predicted molar refractivity (Wildman–Crippen MR) is 81.0 cm³/mol. The zero-order valence-electron chi connectivity index (χ0n) is 12.2. The van der Waals surface area contributed by atoms with E-state index in [1.807, 2.05) is 0 Å². The maximum Gasteiger partial charge on any atom is 0.0397 e. The van der Waals surface area contributed by atoms with Crippen molar-refractivity contribution >= 4 is 5.69 Å². The number of benzene rings is 1. The Hall–Kier alpha value is -1.06. The van der Waals surface area contributed by atoms with E-state index in [1.165, 1.54) is 49.3 Å². The molecule has 0 aliphatic carbocycles. The van der Waals surface area contributed by atoms with Crippen LogP contribution in [-0.4, -0.2) is 50.7 Å². The number of fused-ring (bicyclic) bond motifs is 1. The summed E-state index contributed by atoms with van der Waals surface area (Å²) in [6, 6.07) is 7.71. The minimum absolute atomic E-state index is 0.652. The average molecular weight is 259 g/mol. The van der Waals surface area contributed by atoms with E-state index in [1.54, 1.807) is 0 Å². The molecule has 1 saturated heterocycles. The van der Waals surface area contributed by atoms with Gasteiger partial charge in [0, 0.05) is 51.5 Å². The van der Waals surface area contributed by atoms with Gasteiger partial charge in [-0.25, -0.2) is 0 Å². The molecular weight excluding hydrogens is 234 g/mol. The molecule has 2 heterocycles. The summed E-state index contributed by atoms with van der Waals surface area (Å²) in [4.78, 5) is 4.97. The molecule has 1 fully saturated rings. The van der Waals surface area contributed by atoms with Crippen molar-refractivity contribution in [1.29, 1.82) is 0 Å². The predicted octanol–water partition coefficient (Wildman–Crippen LogP) is 1.52. The quantitative estimate of drug-likeness (QED) is 0.888. The maximum absolute atomic E-state index is 3.43. The number of hydrogen-bond acceptors (Lipinski definition) is 3. The Morgan fingerprint density at radius 1 is 1.21 bits per heavy atom. The van der Waals surface area contributed by atoms with Crippen molar-refractivity contribution in [2.24, 2.45) is 0 Å². The van der Waals surface area contributed by atoms with Crippen LogP contribution in [0.2, 0.25) is 0 Å². The van der Waals surface area contributed by atoms with Gasteiger partial charge >= 0.3 is 0 Å². The highest BCUT2D eigenvalue weighted by molar-refractivity contribution is 5.58. The molecule has 1 unspecified atom stereocenters. The zero-order chi connectivity index (χ0) is 13.2. The SMILES string of the molecule is CC(Cc1ccc2c(c1)CCN2C)N1CCNCC1. The van der Waals surface area contributed by atoms with E-state index in [-0.39, 0.29) is 0 Å². The first-order chi connectivity index (χ1) is 9.24. The molecule has 3 rings (SSSR count). The molecule has 19 heavy (non-hydrogen) atoms. The van der Waals surface area contributed by atoms with Crippen LogP contribution < -0.4 is 10.2 Å². The molecule has 2 aliphatic heterocycles. The zero-order valence-corrected chi connectivity index (χ0v) is 12.2. The van der Waals surface area contributed by atoms with Crippen molar-refractivity contribution in [3.05, 3.63) is 29.3 Å². The summed E-state index contributed by atoms with van der Waals surface area (Å²) in [5.41, 5.74) is 4.46. The summed E-state index contributed by atoms with van der Waals surface area (Å²) in [6.07, 6.45) is 2.39. The van der Waals surface area contributed by atoms with Crippen molar-refractivity contribution in [2.75, 3.05) is 44.7 Å². The molecule has 3 heteroatoms. The normalized spacial score (nSPS) is 21.5. The molecule has 104 valence electrons. The minimum Gasteiger partial charge on any atom is -0.374 e. The van der Waals surface area contributed by atoms with Gasteiger partial charge in [0.25, 0.3) is 0 Å². The monoisotopic (exact) mass is 259 g/mol. The van der Waals surface area contributed by atoms with Gasteiger partial charge in [-0.15, -0.1) is 0 Å². The number of rotatable bonds is 3. The topological polar surface area (TPSA) is 18.5 Å². The van der Waals surface area contributed by atoms with Gasteiger partial charge in [-0.05, 0) is 37.0 Å². The van der Waals surface area contributed by atoms with Crippen LogP contribution in [0.3, 0.4) is 0 Å². The summed E-state index contributed by atoms with van der Waals surface area (Å²) in [6.45, 7) is 8.19. The number of anilines is 1. The lowest BCUT2D eigenvalue weighted by atomic mass is 10.0. The first kappa shape index (κ1) is 12.9. The fourth-order valence-corrected chi connectivity index (χ4v) is 3.34. The van der Waals surface area contributed by atoms with Gasteiger partial charge in [0.2, 0.25) is 0 Å². The van der Waals surface area contributed by atoms with Crippen LogP contribution in [0.4, 0.5) is 5.69 Å². The summed E-state index contributed by atoms with van der Waals surface area (Å²) < 4.78 is 0. The Morgan fingerprint density at radius 2 is 2.00 bits per heavy atom. The fourth-order valence-electron chi connectivity index (χ4n) is 3.34. The largest absolute Gasteiger partial charge is 0.374 e. The van der Waals surface area contributed by atoms with E-state index in [9.17, 15) is 0 Å². The third-order valence-electron chi connectivity index (χ3n) is 4.58. The second-order valence-electron chi connectivity index (χ2n) is 5.97. The van der Waals surface area contributed by atoms with Gasteiger partial charge in [-0.3, -0.25) is 4.90 Å². The van der Waals surface area contributed by atoms with E-state index in [2.05, 4.69) is 47.3 Å². The lowest BCUT2D eigenvalue weighted by Gasteiger charge is -2.33. The van der Waals surface area contributed by atoms with E-state index in [0.29, 0.717) is 6.04 Å². The van der Waals surface area contributed by atoms with Gasteiger partial charge in [0.05, 0.1) is 0 Å². The number of hydrogen-bond donors (Lipinski definition) is 1. The van der Waals surface area contributed by atoms with Crippen LogP contribution in [0.5, 0.6) is 0 Å². The van der Waals surface area contributed by atoms with Crippen molar-refractivity contribution in [1.82, 2.24) is 10.2 Å². The summed E-state index contributed by atoms with van der Waals surface area (Å²) in [5, 5.41) is 3.43. The fraction of sp³-hybridized carbons (Fsp3) is 0.625. The Kier molecular flexibility index (Phi) is 3.76. The van der Waals surface area contributed by atoms with Gasteiger partial charge in [0.15, 0.2) is 0 Å². The van der Waals surface area contributed by atoms with Crippen molar-refractivity contribution in [3.8, 4) is 0 Å². The molecule has 0 spiro atoms. The third-order valence-corrected chi connectivity index (χ3v) is 4.58. The average Bonchev–Trinajstić information content (AvgIpc) is 2.81. The number of likely N-dealkylation sites (N-methyl/N-ethyl adjacent to an activating group) is 1. The minimum atomic E-state index is 0.652. The second-order valence-corrected chi connectivity index (χ2v) is 5.97. The first-order valence-corrected chi connectivity index (χ1v) is 7.52. The maximum atomic E-state index is 3.43. The molecule has 3 nitrogen and oxygen atoms in total. The molecule has 2 aliphatic rings. The highest BCUT2D eigenvalue weighted by Crippen LogP contribution is 2.28. The lowest BCUT2D eigenvalue weighted by Crippen LogP contribution is -2.48. The molecule has 1 atom stereocenters. The number of nitrogens with one attached hydrogen (secondary N) is 1. The van der Waals surface area contributed by atoms with Gasteiger partial charge in [0.1, 0.15) is 0 Å². The molecule has 1 aromatic carbocycles. The molecule has 0 saturated carbocycles. The summed E-state index contributed by atoms with van der Waals surface area (Å²) in [7, 11) is 2.19. The van der Waals surface area contributed by atoms with Crippen LogP contribution in [0.1, 0.15) is 18.1 Å². The molecule has 1 aromatic rings. The van der Waals surface area contributed by atoms with Gasteiger partial charge in [-0.1, -0.05) is 12.1 Å². The Balaban J connectivity index is 1.66. The van der Waals surface area contributed by atoms with Crippen LogP contribution in [0, 0.1) is 0 Å². The number of piperazine rings is 1. The smallest absolute Gasteiger partial charge is 0.0397 e. The standard InChI is InChI=1S/C16H25N3/c1-13(19-9-6-17-7-10-19)11-14-3-4-16-15(12-14)5-8-18(16)2/h3-4,12-13,17H,5-11H2,1-2H3. The molecular formula is C16H25N3. The molecule has 0 bridgehead atoms. The van der Waals surface area contributed by atoms with E-state index in [0.717, 1.165) is 13.1 Å². The van der Waals surface area contributed by atoms with E-state index < -0.39 is 0 Å². The Morgan fingerprint density at radius 3 is 2.79 bits per heavy atom. The summed E-state index contributed by atoms with van der Waals surface area (Å²) in [5.74, 6) is 0. The molecule has 1 N–H and O–H groups in total. The van der Waals surface area contributed by atoms with Crippen molar-refractivity contribution < 1.29 is 0 Å². The van der Waals surface area contributed by atoms with Crippen LogP contribution in [0.15, 0.2) is 18.2 Å². The molecule has 0 amide bonds. The van der Waals surface area contributed by atoms with Crippen LogP contribution in [-0.2, 0) is 12.8 Å². The van der Waals surface area contributed by atoms with Crippen molar-refractivity contribution in [3.63, 3.8) is 0 Å². The van der Waals surface area contributed by atoms with Crippen molar-refractivity contribution in [2.45, 2.75) is 25.8 Å². The van der Waals surface area contributed by atoms with Gasteiger partial charge in [-0.2, -0.15) is 0 Å². The third kappa shape index (κ3) is 2.77. The first-order valence-electron chi connectivity index (χ1n) is 7.52. The van der Waals surface area contributed by atoms with Crippen LogP contribution >= 0.6 is 0 Å². The molecule has 0 aromatic heterocycles. The molecule has 0 radical (unpaired) electrons. The second kappa shape index (κ2) is 5.51. The van der Waals surface area contributed by atoms with E-state index >= 15 is 0 Å². The van der Waals surface area contributed by atoms with E-state index in [4.69, 9.17) is 0 Å². The highest BCUT2D eigenvalue weighted by Gasteiger charge is 2.19. The Bertz CT molecular complexity index is 438. The van der Waals surface area contributed by atoms with Gasteiger partial charge < -0.3 is 10.2 Å².